The number of unbranched alkanes of at least 4 members (excludes halogenated alkanes) is 2. The largest absolute Gasteiger partial charge is 0.471 e. The molecule has 19 heavy (non-hydrogen) atoms. The molecule has 7 heteroatoms. The SMILES string of the molecule is CCCCOC(=O)[C@H](CCCC)NC(=O)C(F)(F)F. The van der Waals surface area contributed by atoms with Gasteiger partial charge in [0.1, 0.15) is 6.04 Å². The molecule has 0 heterocycles. The Balaban J connectivity index is 4.44. The van der Waals surface area contributed by atoms with E-state index in [0.29, 0.717) is 19.3 Å². The van der Waals surface area contributed by atoms with Crippen LogP contribution < -0.4 is 5.32 Å². The van der Waals surface area contributed by atoms with Crippen LogP contribution >= 0.6 is 0 Å². The lowest BCUT2D eigenvalue weighted by atomic mass is 10.1. The van der Waals surface area contributed by atoms with Crippen LogP contribution in [-0.4, -0.2) is 30.7 Å². The number of carbonyl (C=O) groups excluding carboxylic acids is 2. The molecule has 1 N–H and O–H groups in total. The standard InChI is InChI=1S/C12H20F3NO3/c1-3-5-7-9(10(17)19-8-6-4-2)16-11(18)12(13,14)15/h9H,3-8H2,1-2H3,(H,16,18)/t9-/m0/s1. The van der Waals surface area contributed by atoms with Gasteiger partial charge in [-0.1, -0.05) is 33.1 Å². The molecule has 0 spiro atoms. The summed E-state index contributed by atoms with van der Waals surface area (Å²) < 4.78 is 41.2. The normalized spacial score (nSPS) is 12.9. The first-order valence-electron chi connectivity index (χ1n) is 6.37. The zero-order valence-corrected chi connectivity index (χ0v) is 11.2. The molecule has 0 fully saturated rings. The fourth-order valence-corrected chi connectivity index (χ4v) is 1.31. The van der Waals surface area contributed by atoms with E-state index in [-0.39, 0.29) is 13.0 Å². The maximum Gasteiger partial charge on any atom is 0.471 e. The van der Waals surface area contributed by atoms with Crippen LogP contribution in [0.4, 0.5) is 13.2 Å². The fourth-order valence-electron chi connectivity index (χ4n) is 1.31. The van der Waals surface area contributed by atoms with Crippen LogP contribution in [0.1, 0.15) is 46.0 Å². The van der Waals surface area contributed by atoms with Crippen LogP contribution in [-0.2, 0) is 14.3 Å². The molecule has 0 aromatic heterocycles. The van der Waals surface area contributed by atoms with Crippen molar-refractivity contribution in [2.75, 3.05) is 6.61 Å². The molecule has 0 aliphatic heterocycles. The van der Waals surface area contributed by atoms with E-state index in [1.54, 1.807) is 5.32 Å². The minimum absolute atomic E-state index is 0.142. The van der Waals surface area contributed by atoms with Crippen molar-refractivity contribution in [1.82, 2.24) is 5.32 Å². The van der Waals surface area contributed by atoms with E-state index in [1.165, 1.54) is 0 Å². The summed E-state index contributed by atoms with van der Waals surface area (Å²) >= 11 is 0. The van der Waals surface area contributed by atoms with Crippen molar-refractivity contribution >= 4 is 11.9 Å². The van der Waals surface area contributed by atoms with E-state index in [9.17, 15) is 22.8 Å². The van der Waals surface area contributed by atoms with E-state index in [0.717, 1.165) is 6.42 Å². The molecule has 1 amide bonds. The lowest BCUT2D eigenvalue weighted by Crippen LogP contribution is -2.47. The van der Waals surface area contributed by atoms with Gasteiger partial charge in [0.2, 0.25) is 0 Å². The summed E-state index contributed by atoms with van der Waals surface area (Å²) in [5, 5.41) is 1.68. The number of amides is 1. The molecule has 0 rings (SSSR count). The molecule has 112 valence electrons. The van der Waals surface area contributed by atoms with Crippen LogP contribution in [0.25, 0.3) is 0 Å². The van der Waals surface area contributed by atoms with Crippen molar-refractivity contribution in [1.29, 1.82) is 0 Å². The van der Waals surface area contributed by atoms with Gasteiger partial charge in [-0.25, -0.2) is 4.79 Å². The molecule has 0 saturated heterocycles. The smallest absolute Gasteiger partial charge is 0.464 e. The van der Waals surface area contributed by atoms with Crippen LogP contribution in [0, 0.1) is 0 Å². The number of nitrogens with one attached hydrogen (secondary N) is 1. The van der Waals surface area contributed by atoms with Crippen molar-refractivity contribution in [3.8, 4) is 0 Å². The summed E-state index contributed by atoms with van der Waals surface area (Å²) in [4.78, 5) is 22.4. The van der Waals surface area contributed by atoms with E-state index < -0.39 is 24.1 Å². The van der Waals surface area contributed by atoms with E-state index >= 15 is 0 Å². The van der Waals surface area contributed by atoms with Gasteiger partial charge >= 0.3 is 18.1 Å². The lowest BCUT2D eigenvalue weighted by Gasteiger charge is -2.18. The van der Waals surface area contributed by atoms with Crippen molar-refractivity contribution in [3.63, 3.8) is 0 Å². The van der Waals surface area contributed by atoms with E-state index in [1.807, 2.05) is 13.8 Å². The molecular weight excluding hydrogens is 263 g/mol. The topological polar surface area (TPSA) is 55.4 Å². The van der Waals surface area contributed by atoms with Crippen molar-refractivity contribution in [2.45, 2.75) is 58.2 Å². The third-order valence-electron chi connectivity index (χ3n) is 2.44. The first-order valence-corrected chi connectivity index (χ1v) is 6.37. The number of alkyl halides is 3. The van der Waals surface area contributed by atoms with Gasteiger partial charge in [-0.3, -0.25) is 4.79 Å². The van der Waals surface area contributed by atoms with Gasteiger partial charge in [0.05, 0.1) is 6.61 Å². The number of carbonyl (C=O) groups is 2. The Bertz CT molecular complexity index is 292. The van der Waals surface area contributed by atoms with Crippen LogP contribution in [0.15, 0.2) is 0 Å². The summed E-state index contributed by atoms with van der Waals surface area (Å²) in [6.45, 7) is 3.89. The zero-order valence-electron chi connectivity index (χ0n) is 11.2. The Morgan fingerprint density at radius 2 is 1.74 bits per heavy atom. The van der Waals surface area contributed by atoms with E-state index in [2.05, 4.69) is 0 Å². The monoisotopic (exact) mass is 283 g/mol. The number of esters is 1. The van der Waals surface area contributed by atoms with Gasteiger partial charge in [0.15, 0.2) is 0 Å². The molecule has 0 bridgehead atoms. The molecule has 0 aliphatic rings. The second-order valence-corrected chi connectivity index (χ2v) is 4.19. The number of ether oxygens (including phenoxy) is 1. The Morgan fingerprint density at radius 3 is 2.21 bits per heavy atom. The molecular formula is C12H20F3NO3. The Labute approximate surface area is 110 Å². The molecule has 0 aliphatic carbocycles. The lowest BCUT2D eigenvalue weighted by molar-refractivity contribution is -0.176. The second-order valence-electron chi connectivity index (χ2n) is 4.19. The Hall–Kier alpha value is -1.27. The van der Waals surface area contributed by atoms with Gasteiger partial charge < -0.3 is 10.1 Å². The third-order valence-corrected chi connectivity index (χ3v) is 2.44. The summed E-state index contributed by atoms with van der Waals surface area (Å²) in [6.07, 6.45) is -2.16. The maximum absolute atomic E-state index is 12.1. The highest BCUT2D eigenvalue weighted by Crippen LogP contribution is 2.15. The number of rotatable bonds is 8. The summed E-state index contributed by atoms with van der Waals surface area (Å²) in [6, 6.07) is -1.23. The minimum atomic E-state index is -4.99. The van der Waals surface area contributed by atoms with Gasteiger partial charge in [-0.05, 0) is 12.8 Å². The van der Waals surface area contributed by atoms with Crippen LogP contribution in [0.3, 0.4) is 0 Å². The summed E-state index contributed by atoms with van der Waals surface area (Å²) in [7, 11) is 0. The van der Waals surface area contributed by atoms with Gasteiger partial charge in [0.25, 0.3) is 0 Å². The highest BCUT2D eigenvalue weighted by molar-refractivity contribution is 5.87. The molecule has 0 unspecified atom stereocenters. The first kappa shape index (κ1) is 17.7. The zero-order chi connectivity index (χ0) is 14.9. The number of halogens is 3. The Morgan fingerprint density at radius 1 is 1.16 bits per heavy atom. The van der Waals surface area contributed by atoms with Gasteiger partial charge in [0, 0.05) is 0 Å². The van der Waals surface area contributed by atoms with Crippen molar-refractivity contribution in [3.05, 3.63) is 0 Å². The molecule has 0 saturated carbocycles. The quantitative estimate of drug-likeness (QED) is 0.550. The average molecular weight is 283 g/mol. The highest BCUT2D eigenvalue weighted by Gasteiger charge is 2.40. The predicted octanol–water partition coefficient (Wildman–Crippen LogP) is 2.57. The van der Waals surface area contributed by atoms with Crippen LogP contribution in [0.5, 0.6) is 0 Å². The number of hydrogen-bond acceptors (Lipinski definition) is 3. The second kappa shape index (κ2) is 8.77. The molecule has 0 aromatic carbocycles. The maximum atomic E-state index is 12.1. The van der Waals surface area contributed by atoms with Gasteiger partial charge in [-0.15, -0.1) is 0 Å². The highest BCUT2D eigenvalue weighted by atomic mass is 19.4. The molecule has 0 aromatic rings. The fraction of sp³-hybridized carbons (Fsp3) is 0.833. The van der Waals surface area contributed by atoms with Gasteiger partial charge in [-0.2, -0.15) is 13.2 Å². The first-order chi connectivity index (χ1) is 8.82. The molecule has 0 radical (unpaired) electrons. The van der Waals surface area contributed by atoms with E-state index in [4.69, 9.17) is 4.74 Å². The molecule has 1 atom stereocenters. The summed E-state index contributed by atoms with van der Waals surface area (Å²) in [5.74, 6) is -2.92. The minimum Gasteiger partial charge on any atom is -0.464 e. The molecule has 4 nitrogen and oxygen atoms in total. The van der Waals surface area contributed by atoms with Crippen molar-refractivity contribution in [2.24, 2.45) is 0 Å². The predicted molar refractivity (Wildman–Crippen MR) is 63.4 cm³/mol. The average Bonchev–Trinajstić information content (AvgIpc) is 2.33. The Kier molecular flexibility index (Phi) is 8.18. The summed E-state index contributed by atoms with van der Waals surface area (Å²) in [5.41, 5.74) is 0. The number of hydrogen-bond donors (Lipinski definition) is 1. The third kappa shape index (κ3) is 7.69. The van der Waals surface area contributed by atoms with Crippen LogP contribution in [0.2, 0.25) is 0 Å². The van der Waals surface area contributed by atoms with Crippen molar-refractivity contribution < 1.29 is 27.5 Å².